The number of aliphatic hydroxyl groups is 2. The van der Waals surface area contributed by atoms with E-state index in [0.717, 1.165) is 25.7 Å². The summed E-state index contributed by atoms with van der Waals surface area (Å²) in [7, 11) is 0. The van der Waals surface area contributed by atoms with Crippen molar-refractivity contribution in [1.82, 2.24) is 5.32 Å². The Hall–Kier alpha value is -1.13. The molecule has 230 valence electrons. The summed E-state index contributed by atoms with van der Waals surface area (Å²) in [6.45, 7) is 4.24. The average molecular weight is 550 g/mol. The summed E-state index contributed by atoms with van der Waals surface area (Å²) in [6, 6.07) is -0.619. The summed E-state index contributed by atoms with van der Waals surface area (Å²) in [5.41, 5.74) is 0. The number of unbranched alkanes of at least 4 members (excludes halogenated alkanes) is 21. The lowest BCUT2D eigenvalue weighted by molar-refractivity contribution is -0.123. The van der Waals surface area contributed by atoms with Crippen molar-refractivity contribution in [3.05, 3.63) is 24.3 Å². The Bertz CT molecular complexity index is 560. The highest BCUT2D eigenvalue weighted by molar-refractivity contribution is 5.76. The van der Waals surface area contributed by atoms with Gasteiger partial charge in [0.25, 0.3) is 0 Å². The predicted octanol–water partition coefficient (Wildman–Crippen LogP) is 9.73. The van der Waals surface area contributed by atoms with E-state index in [9.17, 15) is 15.0 Å². The third kappa shape index (κ3) is 28.2. The molecule has 0 fully saturated rings. The molecule has 0 spiro atoms. The number of hydrogen-bond acceptors (Lipinski definition) is 3. The van der Waals surface area contributed by atoms with Crippen molar-refractivity contribution in [1.29, 1.82) is 0 Å². The lowest BCUT2D eigenvalue weighted by Gasteiger charge is -2.20. The second-order valence-electron chi connectivity index (χ2n) is 11.6. The maximum absolute atomic E-state index is 12.3. The molecule has 2 atom stereocenters. The van der Waals surface area contributed by atoms with Crippen molar-refractivity contribution < 1.29 is 15.0 Å². The third-order valence-electron chi connectivity index (χ3n) is 7.66. The minimum absolute atomic E-state index is 0.0682. The second kappa shape index (κ2) is 31.4. The fourth-order valence-corrected chi connectivity index (χ4v) is 5.00. The smallest absolute Gasteiger partial charge is 0.220 e. The molecule has 0 aromatic rings. The summed E-state index contributed by atoms with van der Waals surface area (Å²) in [5.74, 6) is -0.0682. The molecule has 39 heavy (non-hydrogen) atoms. The van der Waals surface area contributed by atoms with E-state index in [0.29, 0.717) is 6.42 Å². The Labute approximate surface area is 243 Å². The molecule has 0 radical (unpaired) electrons. The highest BCUT2D eigenvalue weighted by Gasteiger charge is 2.17. The minimum atomic E-state index is -0.837. The van der Waals surface area contributed by atoms with Crippen LogP contribution in [0, 0.1) is 0 Å². The first-order valence-electron chi connectivity index (χ1n) is 17.1. The molecule has 0 saturated heterocycles. The number of nitrogens with one attached hydrogen (secondary N) is 1. The fraction of sp³-hybridized carbons (Fsp3) is 0.857. The number of carbonyl (C=O) groups excluding carboxylic acids is 1. The van der Waals surface area contributed by atoms with Gasteiger partial charge in [-0.2, -0.15) is 0 Å². The zero-order valence-electron chi connectivity index (χ0n) is 26.2. The summed E-state index contributed by atoms with van der Waals surface area (Å²) in [4.78, 5) is 12.3. The van der Waals surface area contributed by atoms with Crippen LogP contribution in [0.25, 0.3) is 0 Å². The van der Waals surface area contributed by atoms with E-state index in [1.54, 1.807) is 6.08 Å². The van der Waals surface area contributed by atoms with Gasteiger partial charge in [0.1, 0.15) is 0 Å². The van der Waals surface area contributed by atoms with Gasteiger partial charge in [0.15, 0.2) is 0 Å². The van der Waals surface area contributed by atoms with Crippen molar-refractivity contribution in [2.24, 2.45) is 0 Å². The van der Waals surface area contributed by atoms with Crippen LogP contribution < -0.4 is 5.32 Å². The lowest BCUT2D eigenvalue weighted by atomic mass is 10.0. The quantitative estimate of drug-likeness (QED) is 0.0617. The number of hydrogen-bond donors (Lipinski definition) is 3. The van der Waals surface area contributed by atoms with Gasteiger partial charge in [0, 0.05) is 6.42 Å². The molecule has 0 unspecified atom stereocenters. The van der Waals surface area contributed by atoms with Gasteiger partial charge in [-0.05, 0) is 38.5 Å². The van der Waals surface area contributed by atoms with Gasteiger partial charge in [0.2, 0.25) is 5.91 Å². The highest BCUT2D eigenvalue weighted by Crippen LogP contribution is 2.14. The Morgan fingerprint density at radius 3 is 1.51 bits per heavy atom. The molecule has 0 aliphatic heterocycles. The normalized spacial score (nSPS) is 13.4. The van der Waals surface area contributed by atoms with Crippen molar-refractivity contribution in [3.8, 4) is 0 Å². The second-order valence-corrected chi connectivity index (χ2v) is 11.6. The Morgan fingerprint density at radius 1 is 0.590 bits per heavy atom. The van der Waals surface area contributed by atoms with E-state index in [1.807, 2.05) is 6.08 Å². The number of aliphatic hydroxyl groups excluding tert-OH is 2. The molecule has 0 bridgehead atoms. The maximum Gasteiger partial charge on any atom is 0.220 e. The van der Waals surface area contributed by atoms with Crippen LogP contribution in [0.15, 0.2) is 24.3 Å². The minimum Gasteiger partial charge on any atom is -0.394 e. The summed E-state index contributed by atoms with van der Waals surface area (Å²) in [5, 5.41) is 22.8. The van der Waals surface area contributed by atoms with Crippen LogP contribution in [-0.4, -0.2) is 34.9 Å². The summed E-state index contributed by atoms with van der Waals surface area (Å²) >= 11 is 0. The van der Waals surface area contributed by atoms with Crippen LogP contribution >= 0.6 is 0 Å². The van der Waals surface area contributed by atoms with Crippen LogP contribution in [0.4, 0.5) is 0 Å². The molecule has 0 aliphatic rings. The predicted molar refractivity (Wildman–Crippen MR) is 170 cm³/mol. The topological polar surface area (TPSA) is 69.6 Å². The van der Waals surface area contributed by atoms with Gasteiger partial charge in [-0.25, -0.2) is 0 Å². The molecule has 3 N–H and O–H groups in total. The van der Waals surface area contributed by atoms with Gasteiger partial charge in [-0.1, -0.05) is 154 Å². The van der Waals surface area contributed by atoms with Crippen LogP contribution in [-0.2, 0) is 4.79 Å². The van der Waals surface area contributed by atoms with Gasteiger partial charge < -0.3 is 15.5 Å². The Kier molecular flexibility index (Phi) is 30.5. The first-order valence-corrected chi connectivity index (χ1v) is 17.1. The fourth-order valence-electron chi connectivity index (χ4n) is 5.00. The van der Waals surface area contributed by atoms with Gasteiger partial charge >= 0.3 is 0 Å². The zero-order valence-corrected chi connectivity index (χ0v) is 26.2. The third-order valence-corrected chi connectivity index (χ3v) is 7.66. The van der Waals surface area contributed by atoms with E-state index in [1.165, 1.54) is 128 Å². The molecule has 4 heteroatoms. The summed E-state index contributed by atoms with van der Waals surface area (Å²) < 4.78 is 0. The van der Waals surface area contributed by atoms with E-state index in [2.05, 4.69) is 31.3 Å². The van der Waals surface area contributed by atoms with Gasteiger partial charge in [0.05, 0.1) is 18.8 Å². The van der Waals surface area contributed by atoms with Gasteiger partial charge in [-0.3, -0.25) is 4.79 Å². The molecule has 1 amide bonds. The first kappa shape index (κ1) is 37.9. The van der Waals surface area contributed by atoms with Crippen LogP contribution in [0.1, 0.15) is 174 Å². The molecule has 0 rings (SSSR count). The molecule has 0 aliphatic carbocycles. The van der Waals surface area contributed by atoms with E-state index >= 15 is 0 Å². The highest BCUT2D eigenvalue weighted by atomic mass is 16.3. The Balaban J connectivity index is 3.64. The van der Waals surface area contributed by atoms with Crippen molar-refractivity contribution in [2.75, 3.05) is 6.61 Å². The van der Waals surface area contributed by atoms with E-state index in [4.69, 9.17) is 0 Å². The molecule has 0 aromatic carbocycles. The maximum atomic E-state index is 12.3. The first-order chi connectivity index (χ1) is 19.2. The van der Waals surface area contributed by atoms with Crippen molar-refractivity contribution in [3.63, 3.8) is 0 Å². The molecule has 0 saturated carbocycles. The molecule has 0 aromatic heterocycles. The Morgan fingerprint density at radius 2 is 1.03 bits per heavy atom. The van der Waals surface area contributed by atoms with Crippen molar-refractivity contribution in [2.45, 2.75) is 187 Å². The van der Waals surface area contributed by atoms with Crippen molar-refractivity contribution >= 4 is 5.91 Å². The molecular weight excluding hydrogens is 482 g/mol. The standard InChI is InChI=1S/C35H67NO3/c1-3-5-7-9-11-13-15-17-19-21-23-25-27-29-31-35(39)36-33(32-37)34(38)30-28-26-24-22-20-18-16-14-12-10-8-6-4-2/h8,10,28,30,33-34,37-38H,3-7,9,11-27,29,31-32H2,1-2H3,(H,36,39)/b10-8+,30-28+/t33-,34+/m0/s1. The zero-order chi connectivity index (χ0) is 28.7. The number of rotatable bonds is 30. The number of amides is 1. The van der Waals surface area contributed by atoms with Crippen LogP contribution in [0.5, 0.6) is 0 Å². The number of allylic oxidation sites excluding steroid dienone is 3. The summed E-state index contributed by atoms with van der Waals surface area (Å²) in [6.07, 6.45) is 38.2. The van der Waals surface area contributed by atoms with E-state index in [-0.39, 0.29) is 12.5 Å². The average Bonchev–Trinajstić information content (AvgIpc) is 2.94. The monoisotopic (exact) mass is 550 g/mol. The van der Waals surface area contributed by atoms with Gasteiger partial charge in [-0.15, -0.1) is 0 Å². The molecule has 0 heterocycles. The number of carbonyl (C=O) groups is 1. The largest absolute Gasteiger partial charge is 0.394 e. The van der Waals surface area contributed by atoms with Crippen LogP contribution in [0.2, 0.25) is 0 Å². The van der Waals surface area contributed by atoms with E-state index < -0.39 is 12.1 Å². The lowest BCUT2D eigenvalue weighted by Crippen LogP contribution is -2.45. The van der Waals surface area contributed by atoms with Crippen LogP contribution in [0.3, 0.4) is 0 Å². The SMILES string of the molecule is CCC/C=C/CCCCCCCC/C=C/[C@@H](O)[C@H](CO)NC(=O)CCCCCCCCCCCCCCCC. The molecule has 4 nitrogen and oxygen atoms in total. The molecular formula is C35H67NO3.